The largest absolute Gasteiger partial charge is 0.326 e. The van der Waals surface area contributed by atoms with E-state index >= 15 is 0 Å². The molecule has 1 spiro atoms. The number of carbonyl (C=O) groups is 3. The van der Waals surface area contributed by atoms with Gasteiger partial charge in [0.15, 0.2) is 0 Å². The number of hydrogen-bond acceptors (Lipinski definition) is 3. The van der Waals surface area contributed by atoms with Gasteiger partial charge in [0.1, 0.15) is 11.8 Å². The Hall–Kier alpha value is -1.92. The van der Waals surface area contributed by atoms with Gasteiger partial charge in [0, 0.05) is 11.6 Å². The molecule has 0 aliphatic carbocycles. The summed E-state index contributed by atoms with van der Waals surface area (Å²) >= 11 is 6.25. The topological polar surface area (TPSA) is 83.1 Å². The van der Waals surface area contributed by atoms with E-state index in [1.807, 2.05) is 32.2 Å². The zero-order valence-electron chi connectivity index (χ0n) is 14.4. The van der Waals surface area contributed by atoms with Gasteiger partial charge in [-0.3, -0.25) is 19.3 Å². The Morgan fingerprint density at radius 2 is 2.04 bits per heavy atom. The van der Waals surface area contributed by atoms with Crippen molar-refractivity contribution in [1.29, 1.82) is 0 Å². The Balaban J connectivity index is 1.89. The van der Waals surface area contributed by atoms with Gasteiger partial charge in [0.2, 0.25) is 17.4 Å². The van der Waals surface area contributed by atoms with E-state index in [4.69, 9.17) is 11.6 Å². The van der Waals surface area contributed by atoms with E-state index in [2.05, 4.69) is 5.32 Å². The molecule has 0 bridgehead atoms. The molecule has 1 aromatic rings. The first-order chi connectivity index (χ1) is 11.8. The van der Waals surface area contributed by atoms with Gasteiger partial charge in [-0.2, -0.15) is 0 Å². The summed E-state index contributed by atoms with van der Waals surface area (Å²) in [5, 5.41) is 5.17. The molecule has 3 N–H and O–H groups in total. The summed E-state index contributed by atoms with van der Waals surface area (Å²) in [6.45, 7) is 5.73. The number of imide groups is 1. The first kappa shape index (κ1) is 16.5. The van der Waals surface area contributed by atoms with Crippen molar-refractivity contribution in [2.24, 2.45) is 11.8 Å². The van der Waals surface area contributed by atoms with Crippen LogP contribution in [0.25, 0.3) is 0 Å². The molecule has 132 valence electrons. The van der Waals surface area contributed by atoms with Crippen molar-refractivity contribution in [3.63, 3.8) is 0 Å². The van der Waals surface area contributed by atoms with Gasteiger partial charge < -0.3 is 10.6 Å². The van der Waals surface area contributed by atoms with Crippen LogP contribution < -0.4 is 10.6 Å². The standard InChI is InChI=1S/C18H20ClN3O3/c1-4-8(2)22-15(23)12-9(3)21-18(13(12)16(22)24)10-6-5-7-11(19)14(10)20-17(18)25/h5-9,12-13,21H,4H2,1-3H3,(H,20,25)/p+1/t8-,9-,12-,13+,18-/m1/s1. The third-order valence-electron chi connectivity index (χ3n) is 6.07. The van der Waals surface area contributed by atoms with Crippen LogP contribution in [0.3, 0.4) is 0 Å². The number of fused-ring (bicyclic) bond motifs is 4. The van der Waals surface area contributed by atoms with Gasteiger partial charge in [0.05, 0.1) is 16.8 Å². The van der Waals surface area contributed by atoms with Gasteiger partial charge in [-0.15, -0.1) is 0 Å². The van der Waals surface area contributed by atoms with Crippen molar-refractivity contribution in [3.8, 4) is 0 Å². The van der Waals surface area contributed by atoms with Crippen LogP contribution in [0.5, 0.6) is 0 Å². The first-order valence-corrected chi connectivity index (χ1v) is 9.05. The van der Waals surface area contributed by atoms with Crippen LogP contribution in [0.15, 0.2) is 18.2 Å². The zero-order valence-corrected chi connectivity index (χ0v) is 15.1. The van der Waals surface area contributed by atoms with Crippen LogP contribution in [0, 0.1) is 11.8 Å². The number of quaternary nitrogens is 1. The number of para-hydroxylation sites is 1. The molecule has 0 unspecified atom stereocenters. The Morgan fingerprint density at radius 3 is 2.72 bits per heavy atom. The maximum atomic E-state index is 13.2. The average molecular weight is 363 g/mol. The molecule has 3 heterocycles. The van der Waals surface area contributed by atoms with Crippen LogP contribution in [0.4, 0.5) is 5.69 Å². The second-order valence-electron chi connectivity index (χ2n) is 7.32. The summed E-state index contributed by atoms with van der Waals surface area (Å²) in [6, 6.07) is 4.99. The Morgan fingerprint density at radius 1 is 1.32 bits per heavy atom. The van der Waals surface area contributed by atoms with Crippen molar-refractivity contribution in [1.82, 2.24) is 4.90 Å². The molecule has 6 nitrogen and oxygen atoms in total. The van der Waals surface area contributed by atoms with Crippen LogP contribution in [-0.4, -0.2) is 34.7 Å². The smallest absolute Gasteiger partial charge is 0.291 e. The molecule has 7 heteroatoms. The maximum Gasteiger partial charge on any atom is 0.291 e. The number of likely N-dealkylation sites (tertiary alicyclic amines) is 1. The van der Waals surface area contributed by atoms with Crippen LogP contribution >= 0.6 is 11.6 Å². The number of nitrogens with one attached hydrogen (secondary N) is 1. The fraction of sp³-hybridized carbons (Fsp3) is 0.500. The molecule has 2 saturated heterocycles. The van der Waals surface area contributed by atoms with Gasteiger partial charge in [-0.1, -0.05) is 24.6 Å². The van der Waals surface area contributed by atoms with Gasteiger partial charge >= 0.3 is 0 Å². The highest BCUT2D eigenvalue weighted by Crippen LogP contribution is 2.50. The molecule has 2 fully saturated rings. The lowest BCUT2D eigenvalue weighted by molar-refractivity contribution is -0.730. The number of nitrogens with zero attached hydrogens (tertiary/aromatic N) is 1. The van der Waals surface area contributed by atoms with Gasteiger partial charge in [-0.05, 0) is 32.4 Å². The third-order valence-corrected chi connectivity index (χ3v) is 6.39. The molecule has 0 saturated carbocycles. The van der Waals surface area contributed by atoms with E-state index in [1.54, 1.807) is 12.1 Å². The van der Waals surface area contributed by atoms with E-state index < -0.39 is 17.4 Å². The molecule has 3 aliphatic rings. The van der Waals surface area contributed by atoms with Crippen LogP contribution in [0.1, 0.15) is 32.8 Å². The molecule has 3 amide bonds. The summed E-state index contributed by atoms with van der Waals surface area (Å²) in [5.74, 6) is -1.84. The summed E-state index contributed by atoms with van der Waals surface area (Å²) in [6.07, 6.45) is 0.691. The summed E-state index contributed by atoms with van der Waals surface area (Å²) in [4.78, 5) is 40.6. The second kappa shape index (κ2) is 5.29. The molecular weight excluding hydrogens is 342 g/mol. The van der Waals surface area contributed by atoms with Gasteiger partial charge in [-0.25, -0.2) is 0 Å². The van der Waals surface area contributed by atoms with Crippen molar-refractivity contribution in [3.05, 3.63) is 28.8 Å². The minimum atomic E-state index is -1.11. The molecule has 3 aliphatic heterocycles. The minimum absolute atomic E-state index is 0.159. The highest BCUT2D eigenvalue weighted by molar-refractivity contribution is 6.35. The number of nitrogens with two attached hydrogens (primary N) is 1. The zero-order chi connectivity index (χ0) is 18.1. The molecule has 0 radical (unpaired) electrons. The van der Waals surface area contributed by atoms with Crippen molar-refractivity contribution < 1.29 is 19.7 Å². The molecule has 1 aromatic carbocycles. The third kappa shape index (κ3) is 1.87. The lowest BCUT2D eigenvalue weighted by Crippen LogP contribution is -2.98. The summed E-state index contributed by atoms with van der Waals surface area (Å²) in [7, 11) is 0. The van der Waals surface area contributed by atoms with Crippen molar-refractivity contribution in [2.75, 3.05) is 5.32 Å². The molecule has 4 rings (SSSR count). The van der Waals surface area contributed by atoms with Crippen LogP contribution in [0.2, 0.25) is 5.02 Å². The van der Waals surface area contributed by atoms with E-state index in [0.29, 0.717) is 22.7 Å². The fourth-order valence-electron chi connectivity index (χ4n) is 4.77. The average Bonchev–Trinajstić information content (AvgIpc) is 3.13. The molecule has 5 atom stereocenters. The fourth-order valence-corrected chi connectivity index (χ4v) is 4.99. The Labute approximate surface area is 150 Å². The summed E-state index contributed by atoms with van der Waals surface area (Å²) < 4.78 is 0. The van der Waals surface area contributed by atoms with Gasteiger partial charge in [0.25, 0.3) is 5.91 Å². The quantitative estimate of drug-likeness (QED) is 0.765. The molecule has 25 heavy (non-hydrogen) atoms. The number of rotatable bonds is 2. The highest BCUT2D eigenvalue weighted by Gasteiger charge is 2.73. The predicted octanol–water partition coefficient (Wildman–Crippen LogP) is 0.853. The highest BCUT2D eigenvalue weighted by atomic mass is 35.5. The number of benzene rings is 1. The first-order valence-electron chi connectivity index (χ1n) is 8.68. The van der Waals surface area contributed by atoms with E-state index in [0.717, 1.165) is 0 Å². The molecular formula is C18H21ClN3O3+. The van der Waals surface area contributed by atoms with E-state index in [-0.39, 0.29) is 29.8 Å². The number of amides is 3. The number of hydrogen-bond donors (Lipinski definition) is 2. The SMILES string of the molecule is CC[C@@H](C)N1C(=O)[C@H]2[C@@H](C1=O)[C@@]1([NH2+][C@@H]2C)C(=O)Nc2c(Cl)cccc21. The van der Waals surface area contributed by atoms with E-state index in [1.165, 1.54) is 4.90 Å². The normalized spacial score (nSPS) is 34.5. The monoisotopic (exact) mass is 362 g/mol. The van der Waals surface area contributed by atoms with Crippen molar-refractivity contribution in [2.45, 2.75) is 44.8 Å². The van der Waals surface area contributed by atoms with Crippen LogP contribution in [-0.2, 0) is 19.9 Å². The summed E-state index contributed by atoms with van der Waals surface area (Å²) in [5.41, 5.74) is 0.149. The molecule has 0 aromatic heterocycles. The number of halogens is 1. The predicted molar refractivity (Wildman–Crippen MR) is 91.7 cm³/mol. The lowest BCUT2D eigenvalue weighted by atomic mass is 9.76. The van der Waals surface area contributed by atoms with E-state index in [9.17, 15) is 14.4 Å². The minimum Gasteiger partial charge on any atom is -0.326 e. The second-order valence-corrected chi connectivity index (χ2v) is 7.73. The Bertz CT molecular complexity index is 811. The van der Waals surface area contributed by atoms with Crippen molar-refractivity contribution >= 4 is 35.0 Å². The number of anilines is 1. The Kier molecular flexibility index (Phi) is 3.50. The lowest BCUT2D eigenvalue weighted by Gasteiger charge is -2.28. The number of carbonyl (C=O) groups excluding carboxylic acids is 3. The maximum absolute atomic E-state index is 13.2.